The number of carboxylic acids is 2. The summed E-state index contributed by atoms with van der Waals surface area (Å²) in [7, 11) is -1.05. The van der Waals surface area contributed by atoms with E-state index in [1.54, 1.807) is 0 Å². The van der Waals surface area contributed by atoms with Gasteiger partial charge in [0.05, 0.1) is 0 Å². The second-order valence-corrected chi connectivity index (χ2v) is 1.59. The fourth-order valence-corrected chi connectivity index (χ4v) is 0.260. The maximum absolute atomic E-state index is 10.1. The van der Waals surface area contributed by atoms with Gasteiger partial charge in [-0.05, 0) is 0 Å². The fraction of sp³-hybridized carbons (Fsp3) is 0. The molecule has 0 spiro atoms. The molecule has 0 heterocycles. The molecule has 0 bridgehead atoms. The molecule has 10 heteroatoms. The summed E-state index contributed by atoms with van der Waals surface area (Å²) in [5.41, 5.74) is 0. The maximum atomic E-state index is 10.1. The van der Waals surface area contributed by atoms with Gasteiger partial charge in [0.15, 0.2) is 0 Å². The van der Waals surface area contributed by atoms with E-state index in [1.807, 2.05) is 0 Å². The quantitative estimate of drug-likeness (QED) is 0.351. The van der Waals surface area contributed by atoms with Gasteiger partial charge in [0.25, 0.3) is 0 Å². The molecule has 0 amide bonds. The third kappa shape index (κ3) is 6.10. The van der Waals surface area contributed by atoms with Crippen molar-refractivity contribution >= 4 is 50.4 Å². The van der Waals surface area contributed by atoms with Crippen molar-refractivity contribution in [1.29, 1.82) is 0 Å². The van der Waals surface area contributed by atoms with Crippen LogP contribution in [-0.4, -0.2) is 60.6 Å². The second-order valence-electron chi connectivity index (χ2n) is 1.59. The Hall–Kier alpha value is -1.46. The van der Waals surface area contributed by atoms with Crippen molar-refractivity contribution in [3.63, 3.8) is 0 Å². The van der Waals surface area contributed by atoms with Gasteiger partial charge in [0, 0.05) is 0 Å². The predicted octanol–water partition coefficient (Wildman–Crippen LogP) is -3.14. The predicted molar refractivity (Wildman–Crippen MR) is 41.8 cm³/mol. The topological polar surface area (TPSA) is 127 Å². The zero-order valence-electron chi connectivity index (χ0n) is 6.05. The third-order valence-electron chi connectivity index (χ3n) is 0.729. The first kappa shape index (κ1) is 15.0. The summed E-state index contributed by atoms with van der Waals surface area (Å²) in [5.74, 6) is -7.02. The van der Waals surface area contributed by atoms with Crippen molar-refractivity contribution in [1.82, 2.24) is 0 Å². The third-order valence-corrected chi connectivity index (χ3v) is 0.729. The molecule has 0 aliphatic rings. The standard InChI is InChI=1S/C4H3BO8.Li.H/c6-1(7)3(10)12-5-13-4(11)2(8)9;;/h5H,(H,6,7)(H,8,9);;. The molecular weight excluding hydrogens is 194 g/mol. The number of carboxylic acid groups (broad SMARTS) is 2. The van der Waals surface area contributed by atoms with E-state index in [-0.39, 0.29) is 18.9 Å². The van der Waals surface area contributed by atoms with Crippen LogP contribution in [-0.2, 0) is 28.5 Å². The monoisotopic (exact) mass is 198 g/mol. The van der Waals surface area contributed by atoms with Gasteiger partial charge in [-0.3, -0.25) is 0 Å². The molecule has 0 atom stereocenters. The van der Waals surface area contributed by atoms with Gasteiger partial charge in [-0.15, -0.1) is 0 Å². The summed E-state index contributed by atoms with van der Waals surface area (Å²) < 4.78 is 7.56. The summed E-state index contributed by atoms with van der Waals surface area (Å²) in [6, 6.07) is 0. The van der Waals surface area contributed by atoms with E-state index in [0.29, 0.717) is 0 Å². The van der Waals surface area contributed by atoms with Gasteiger partial charge in [-0.2, -0.15) is 0 Å². The first-order valence-corrected chi connectivity index (χ1v) is 2.75. The van der Waals surface area contributed by atoms with E-state index in [4.69, 9.17) is 10.2 Å². The molecule has 0 saturated heterocycles. The summed E-state index contributed by atoms with van der Waals surface area (Å²) in [5, 5.41) is 15.9. The van der Waals surface area contributed by atoms with Crippen LogP contribution < -0.4 is 0 Å². The molecule has 0 rings (SSSR count). The average molecular weight is 198 g/mol. The molecular formula is C4H4BLiO8. The Morgan fingerprint density at radius 3 is 1.36 bits per heavy atom. The molecule has 0 saturated carbocycles. The molecule has 8 nitrogen and oxygen atoms in total. The van der Waals surface area contributed by atoms with Crippen LogP contribution in [0, 0.1) is 0 Å². The Bertz CT molecular complexity index is 236. The van der Waals surface area contributed by atoms with Gasteiger partial charge in [0.1, 0.15) is 0 Å². The summed E-state index contributed by atoms with van der Waals surface area (Å²) in [6.07, 6.45) is 0. The van der Waals surface area contributed by atoms with Crippen molar-refractivity contribution < 1.29 is 38.7 Å². The molecule has 72 valence electrons. The van der Waals surface area contributed by atoms with Crippen LogP contribution in [0.4, 0.5) is 0 Å². The molecule has 0 aromatic heterocycles. The van der Waals surface area contributed by atoms with Crippen LogP contribution in [0.1, 0.15) is 0 Å². The Morgan fingerprint density at radius 1 is 0.857 bits per heavy atom. The number of carbonyl (C=O) groups is 4. The van der Waals surface area contributed by atoms with E-state index in [1.165, 1.54) is 0 Å². The first-order chi connectivity index (χ1) is 5.95. The Morgan fingerprint density at radius 2 is 1.14 bits per heavy atom. The van der Waals surface area contributed by atoms with Crippen LogP contribution in [0.5, 0.6) is 0 Å². The van der Waals surface area contributed by atoms with Crippen molar-refractivity contribution in [3.05, 3.63) is 0 Å². The van der Waals surface area contributed by atoms with Crippen LogP contribution in [0.15, 0.2) is 0 Å². The van der Waals surface area contributed by atoms with Crippen LogP contribution >= 0.6 is 0 Å². The molecule has 0 fully saturated rings. The zero-order valence-corrected chi connectivity index (χ0v) is 6.05. The number of hydrogen-bond acceptors (Lipinski definition) is 6. The number of aliphatic carboxylic acids is 2. The fourth-order valence-electron chi connectivity index (χ4n) is 0.260. The molecule has 14 heavy (non-hydrogen) atoms. The molecule has 0 aliphatic heterocycles. The SMILES string of the molecule is O=C(O)C(=O)OBOC(=O)C(=O)O.[LiH]. The number of carbonyl (C=O) groups excluding carboxylic acids is 2. The minimum atomic E-state index is -1.87. The van der Waals surface area contributed by atoms with Gasteiger partial charge >= 0.3 is 50.4 Å². The summed E-state index contributed by atoms with van der Waals surface area (Å²) >= 11 is 0. The van der Waals surface area contributed by atoms with Crippen LogP contribution in [0.25, 0.3) is 0 Å². The Labute approximate surface area is 89.7 Å². The second kappa shape index (κ2) is 6.99. The van der Waals surface area contributed by atoms with Crippen molar-refractivity contribution in [2.45, 2.75) is 0 Å². The van der Waals surface area contributed by atoms with Crippen LogP contribution in [0.2, 0.25) is 0 Å². The summed E-state index contributed by atoms with van der Waals surface area (Å²) in [6.45, 7) is 0. The molecule has 0 aromatic carbocycles. The number of hydrogen-bond donors (Lipinski definition) is 2. The van der Waals surface area contributed by atoms with Crippen molar-refractivity contribution in [3.8, 4) is 0 Å². The normalized spacial score (nSPS) is 7.71. The average Bonchev–Trinajstić information content (AvgIpc) is 2.03. The molecule has 2 N–H and O–H groups in total. The Kier molecular flexibility index (Phi) is 7.51. The zero-order chi connectivity index (χ0) is 10.4. The van der Waals surface area contributed by atoms with Crippen molar-refractivity contribution in [2.24, 2.45) is 0 Å². The van der Waals surface area contributed by atoms with Gasteiger partial charge < -0.3 is 19.5 Å². The number of rotatable bonds is 2. The minimum absolute atomic E-state index is 0. The van der Waals surface area contributed by atoms with E-state index in [0.717, 1.165) is 0 Å². The Balaban J connectivity index is 0. The van der Waals surface area contributed by atoms with E-state index in [2.05, 4.69) is 9.31 Å². The summed E-state index contributed by atoms with van der Waals surface area (Å²) in [4.78, 5) is 39.8. The van der Waals surface area contributed by atoms with E-state index < -0.39 is 31.6 Å². The van der Waals surface area contributed by atoms with Crippen molar-refractivity contribution in [2.75, 3.05) is 0 Å². The first-order valence-electron chi connectivity index (χ1n) is 2.75. The molecule has 0 aliphatic carbocycles. The van der Waals surface area contributed by atoms with Crippen LogP contribution in [0.3, 0.4) is 0 Å². The molecule has 0 unspecified atom stereocenters. The molecule has 0 aromatic rings. The van der Waals surface area contributed by atoms with Gasteiger partial charge in [-0.1, -0.05) is 0 Å². The van der Waals surface area contributed by atoms with E-state index in [9.17, 15) is 19.2 Å². The van der Waals surface area contributed by atoms with Gasteiger partial charge in [0.2, 0.25) is 0 Å². The van der Waals surface area contributed by atoms with E-state index >= 15 is 0 Å². The van der Waals surface area contributed by atoms with Gasteiger partial charge in [-0.25, -0.2) is 19.2 Å². The molecule has 0 radical (unpaired) electrons.